The Morgan fingerprint density at radius 2 is 1.88 bits per heavy atom. The summed E-state index contributed by atoms with van der Waals surface area (Å²) in [5.41, 5.74) is 9.58. The van der Waals surface area contributed by atoms with Crippen LogP contribution < -0.4 is 0 Å². The Kier molecular flexibility index (Phi) is 4.15. The molecule has 84 valence electrons. The van der Waals surface area contributed by atoms with E-state index in [-0.39, 0.29) is 11.5 Å². The maximum absolute atomic E-state index is 8.52. The number of azide groups is 1. The average molecular weight is 215 g/mol. The van der Waals surface area contributed by atoms with Gasteiger partial charge in [0.1, 0.15) is 0 Å². The molecule has 3 nitrogen and oxygen atoms in total. The lowest BCUT2D eigenvalue weighted by atomic mass is 9.87. The fraction of sp³-hybridized carbons (Fsp3) is 0.385. The molecule has 3 heteroatoms. The maximum atomic E-state index is 8.52. The summed E-state index contributed by atoms with van der Waals surface area (Å²) >= 11 is 0. The van der Waals surface area contributed by atoms with Gasteiger partial charge in [0.15, 0.2) is 0 Å². The molecule has 0 N–H and O–H groups in total. The van der Waals surface area contributed by atoms with Gasteiger partial charge in [0, 0.05) is 4.91 Å². The predicted octanol–water partition coefficient (Wildman–Crippen LogP) is 4.42. The Balaban J connectivity index is 2.85. The third-order valence-corrected chi connectivity index (χ3v) is 2.33. The zero-order valence-electron chi connectivity index (χ0n) is 9.96. The summed E-state index contributed by atoms with van der Waals surface area (Å²) in [5, 5.41) is 3.80. The molecule has 1 unspecified atom stereocenters. The normalized spacial score (nSPS) is 13.4. The fourth-order valence-corrected chi connectivity index (χ4v) is 1.32. The van der Waals surface area contributed by atoms with Gasteiger partial charge in [-0.05, 0) is 16.5 Å². The molecule has 1 rings (SSSR count). The molecule has 1 atom stereocenters. The standard InChI is InChI=1S/C13H17N3/c1-13(2,3)12(15-16-14)10-9-11-7-5-4-6-8-11/h4-10,12H,1-3H3/b10-9+. The molecule has 0 bridgehead atoms. The van der Waals surface area contributed by atoms with Crippen molar-refractivity contribution in [1.82, 2.24) is 0 Å². The predicted molar refractivity (Wildman–Crippen MR) is 67.9 cm³/mol. The minimum atomic E-state index is -0.127. The molecule has 0 saturated heterocycles. The molecule has 1 aromatic rings. The van der Waals surface area contributed by atoms with Gasteiger partial charge in [-0.1, -0.05) is 68.4 Å². The largest absolute Gasteiger partial charge is 0.0860 e. The van der Waals surface area contributed by atoms with Crippen molar-refractivity contribution in [3.05, 3.63) is 52.4 Å². The lowest BCUT2D eigenvalue weighted by molar-refractivity contribution is 0.366. The van der Waals surface area contributed by atoms with Gasteiger partial charge < -0.3 is 0 Å². The van der Waals surface area contributed by atoms with E-state index >= 15 is 0 Å². The van der Waals surface area contributed by atoms with Crippen LogP contribution in [0, 0.1) is 5.41 Å². The smallest absolute Gasteiger partial charge is 0.0606 e. The first kappa shape index (κ1) is 12.3. The van der Waals surface area contributed by atoms with Gasteiger partial charge >= 0.3 is 0 Å². The van der Waals surface area contributed by atoms with Crippen LogP contribution in [0.4, 0.5) is 0 Å². The highest BCUT2D eigenvalue weighted by molar-refractivity contribution is 5.49. The molecule has 1 aromatic carbocycles. The van der Waals surface area contributed by atoms with Crippen LogP contribution in [0.1, 0.15) is 26.3 Å². The van der Waals surface area contributed by atoms with E-state index in [9.17, 15) is 0 Å². The molecule has 0 heterocycles. The third-order valence-electron chi connectivity index (χ3n) is 2.33. The Labute approximate surface area is 96.4 Å². The zero-order valence-corrected chi connectivity index (χ0v) is 9.96. The number of rotatable bonds is 3. The van der Waals surface area contributed by atoms with Crippen molar-refractivity contribution in [2.45, 2.75) is 26.8 Å². The second-order valence-corrected chi connectivity index (χ2v) is 4.79. The van der Waals surface area contributed by atoms with E-state index in [1.165, 1.54) is 0 Å². The molecule has 0 aliphatic rings. The van der Waals surface area contributed by atoms with Crippen LogP contribution in [0.15, 0.2) is 41.5 Å². The van der Waals surface area contributed by atoms with Crippen LogP contribution in [0.25, 0.3) is 16.5 Å². The molecule has 0 aromatic heterocycles. The lowest BCUT2D eigenvalue weighted by Crippen LogP contribution is -2.21. The van der Waals surface area contributed by atoms with E-state index in [0.717, 1.165) is 5.56 Å². The molecule has 0 saturated carbocycles. The molecular weight excluding hydrogens is 198 g/mol. The van der Waals surface area contributed by atoms with E-state index in [2.05, 4.69) is 30.8 Å². The number of benzene rings is 1. The molecule has 0 aliphatic heterocycles. The Bertz CT molecular complexity index is 395. The summed E-state index contributed by atoms with van der Waals surface area (Å²) in [6, 6.07) is 9.86. The first-order chi connectivity index (χ1) is 7.54. The highest BCUT2D eigenvalue weighted by atomic mass is 15.1. The van der Waals surface area contributed by atoms with E-state index in [1.807, 2.05) is 42.5 Å². The van der Waals surface area contributed by atoms with Crippen LogP contribution in [0.2, 0.25) is 0 Å². The average Bonchev–Trinajstić information content (AvgIpc) is 2.24. The monoisotopic (exact) mass is 215 g/mol. The van der Waals surface area contributed by atoms with E-state index in [1.54, 1.807) is 0 Å². The lowest BCUT2D eigenvalue weighted by Gasteiger charge is -2.23. The third kappa shape index (κ3) is 3.79. The van der Waals surface area contributed by atoms with Crippen molar-refractivity contribution in [2.24, 2.45) is 10.5 Å². The molecular formula is C13H17N3. The first-order valence-corrected chi connectivity index (χ1v) is 5.31. The highest BCUT2D eigenvalue weighted by Gasteiger charge is 2.20. The van der Waals surface area contributed by atoms with E-state index < -0.39 is 0 Å². The Morgan fingerprint density at radius 3 is 2.38 bits per heavy atom. The molecule has 16 heavy (non-hydrogen) atoms. The van der Waals surface area contributed by atoms with Crippen molar-refractivity contribution in [1.29, 1.82) is 0 Å². The summed E-state index contributed by atoms with van der Waals surface area (Å²) in [7, 11) is 0. The molecule has 0 radical (unpaired) electrons. The first-order valence-electron chi connectivity index (χ1n) is 5.31. The SMILES string of the molecule is CC(C)(C)C(/C=C/c1ccccc1)N=[N+]=[N-]. The van der Waals surface area contributed by atoms with Crippen molar-refractivity contribution < 1.29 is 0 Å². The Morgan fingerprint density at radius 1 is 1.25 bits per heavy atom. The fourth-order valence-electron chi connectivity index (χ4n) is 1.32. The highest BCUT2D eigenvalue weighted by Crippen LogP contribution is 2.24. The summed E-state index contributed by atoms with van der Waals surface area (Å²) < 4.78 is 0. The topological polar surface area (TPSA) is 48.8 Å². The number of nitrogens with zero attached hydrogens (tertiary/aromatic N) is 3. The quantitative estimate of drug-likeness (QED) is 0.407. The van der Waals surface area contributed by atoms with Crippen molar-refractivity contribution >= 4 is 6.08 Å². The molecule has 0 spiro atoms. The second kappa shape index (κ2) is 5.38. The summed E-state index contributed by atoms with van der Waals surface area (Å²) in [6.07, 6.45) is 3.94. The molecule has 0 aliphatic carbocycles. The summed E-state index contributed by atoms with van der Waals surface area (Å²) in [4.78, 5) is 2.89. The second-order valence-electron chi connectivity index (χ2n) is 4.79. The molecule has 0 fully saturated rings. The minimum Gasteiger partial charge on any atom is -0.0860 e. The van der Waals surface area contributed by atoms with Crippen molar-refractivity contribution in [2.75, 3.05) is 0 Å². The number of hydrogen-bond acceptors (Lipinski definition) is 1. The van der Waals surface area contributed by atoms with Gasteiger partial charge in [-0.3, -0.25) is 0 Å². The summed E-state index contributed by atoms with van der Waals surface area (Å²) in [5.74, 6) is 0. The van der Waals surface area contributed by atoms with Gasteiger partial charge in [0.25, 0.3) is 0 Å². The van der Waals surface area contributed by atoms with Gasteiger partial charge in [-0.2, -0.15) is 0 Å². The van der Waals surface area contributed by atoms with Crippen LogP contribution in [0.3, 0.4) is 0 Å². The van der Waals surface area contributed by atoms with Crippen molar-refractivity contribution in [3.63, 3.8) is 0 Å². The van der Waals surface area contributed by atoms with Crippen LogP contribution in [0.5, 0.6) is 0 Å². The van der Waals surface area contributed by atoms with Crippen molar-refractivity contribution in [3.8, 4) is 0 Å². The maximum Gasteiger partial charge on any atom is 0.0606 e. The van der Waals surface area contributed by atoms with E-state index in [0.29, 0.717) is 0 Å². The van der Waals surface area contributed by atoms with Crippen LogP contribution in [-0.4, -0.2) is 6.04 Å². The zero-order chi connectivity index (χ0) is 12.0. The van der Waals surface area contributed by atoms with Crippen LogP contribution in [-0.2, 0) is 0 Å². The van der Waals surface area contributed by atoms with Gasteiger partial charge in [-0.25, -0.2) is 0 Å². The van der Waals surface area contributed by atoms with Gasteiger partial charge in [0.2, 0.25) is 0 Å². The molecule has 0 amide bonds. The minimum absolute atomic E-state index is 0.0580. The summed E-state index contributed by atoms with van der Waals surface area (Å²) in [6.45, 7) is 6.17. The Hall–Kier alpha value is -1.73. The van der Waals surface area contributed by atoms with E-state index in [4.69, 9.17) is 5.53 Å². The van der Waals surface area contributed by atoms with Gasteiger partial charge in [-0.15, -0.1) is 0 Å². The van der Waals surface area contributed by atoms with Crippen LogP contribution >= 0.6 is 0 Å². The van der Waals surface area contributed by atoms with Gasteiger partial charge in [0.05, 0.1) is 6.04 Å². The number of hydrogen-bond donors (Lipinski definition) is 0.